The lowest BCUT2D eigenvalue weighted by atomic mass is 9.93. The van der Waals surface area contributed by atoms with Crippen molar-refractivity contribution in [2.45, 2.75) is 18.8 Å². The molecule has 0 bridgehead atoms. The summed E-state index contributed by atoms with van der Waals surface area (Å²) in [6.07, 6.45) is 2.30. The van der Waals surface area contributed by atoms with Crippen molar-refractivity contribution in [1.29, 1.82) is 5.26 Å². The van der Waals surface area contributed by atoms with Gasteiger partial charge >= 0.3 is 0 Å². The van der Waals surface area contributed by atoms with Crippen LogP contribution in [-0.2, 0) is 4.74 Å². The zero-order valence-corrected chi connectivity index (χ0v) is 8.07. The second-order valence-corrected chi connectivity index (χ2v) is 3.65. The van der Waals surface area contributed by atoms with Crippen molar-refractivity contribution in [2.75, 3.05) is 13.2 Å². The van der Waals surface area contributed by atoms with Crippen molar-refractivity contribution < 1.29 is 4.74 Å². The Morgan fingerprint density at radius 2 is 2.36 bits per heavy atom. The lowest BCUT2D eigenvalue weighted by Gasteiger charge is -2.22. The molecule has 1 aromatic rings. The number of rotatable bonds is 1. The van der Waals surface area contributed by atoms with Gasteiger partial charge in [-0.25, -0.2) is 0 Å². The van der Waals surface area contributed by atoms with Crippen LogP contribution in [0.15, 0.2) is 24.3 Å². The molecule has 1 heterocycles. The maximum Gasteiger partial charge on any atom is 0.0991 e. The minimum atomic E-state index is 0.483. The molecule has 2 rings (SSSR count). The van der Waals surface area contributed by atoms with Crippen LogP contribution in [0.1, 0.15) is 29.9 Å². The Kier molecular flexibility index (Phi) is 2.81. The minimum Gasteiger partial charge on any atom is -0.381 e. The third-order valence-electron chi connectivity index (χ3n) is 2.65. The molecule has 2 heteroatoms. The summed E-state index contributed by atoms with van der Waals surface area (Å²) in [6.45, 7) is 1.68. The number of ether oxygens (including phenoxy) is 1. The molecule has 0 saturated carbocycles. The highest BCUT2D eigenvalue weighted by atomic mass is 16.5. The minimum absolute atomic E-state index is 0.483. The molecule has 0 spiro atoms. The van der Waals surface area contributed by atoms with Gasteiger partial charge < -0.3 is 4.74 Å². The first-order chi connectivity index (χ1) is 6.90. The Morgan fingerprint density at radius 1 is 1.43 bits per heavy atom. The van der Waals surface area contributed by atoms with Crippen molar-refractivity contribution in [1.82, 2.24) is 0 Å². The molecule has 0 radical (unpaired) electrons. The Balaban J connectivity index is 2.18. The molecule has 1 saturated heterocycles. The first-order valence-corrected chi connectivity index (χ1v) is 4.98. The van der Waals surface area contributed by atoms with Crippen molar-refractivity contribution >= 4 is 0 Å². The van der Waals surface area contributed by atoms with E-state index >= 15 is 0 Å². The van der Waals surface area contributed by atoms with Crippen LogP contribution in [0.2, 0.25) is 0 Å². The average Bonchev–Trinajstić information content (AvgIpc) is 2.30. The summed E-state index contributed by atoms with van der Waals surface area (Å²) in [5.74, 6) is 0.483. The number of hydrogen-bond donors (Lipinski definition) is 0. The third kappa shape index (κ3) is 1.94. The number of benzene rings is 1. The van der Waals surface area contributed by atoms with Crippen molar-refractivity contribution in [3.8, 4) is 6.07 Å². The van der Waals surface area contributed by atoms with Gasteiger partial charge in [0, 0.05) is 12.5 Å². The lowest BCUT2D eigenvalue weighted by Crippen LogP contribution is -2.15. The highest BCUT2D eigenvalue weighted by molar-refractivity contribution is 5.34. The molecular formula is C12H13NO. The summed E-state index contributed by atoms with van der Waals surface area (Å²) in [7, 11) is 0. The molecule has 72 valence electrons. The molecular weight excluding hydrogens is 174 g/mol. The van der Waals surface area contributed by atoms with Crippen LogP contribution in [0.5, 0.6) is 0 Å². The van der Waals surface area contributed by atoms with E-state index in [0.29, 0.717) is 5.92 Å². The van der Waals surface area contributed by atoms with Gasteiger partial charge in [0.05, 0.1) is 18.2 Å². The fourth-order valence-electron chi connectivity index (χ4n) is 1.87. The molecule has 0 N–H and O–H groups in total. The highest BCUT2D eigenvalue weighted by Gasteiger charge is 2.15. The Bertz CT molecular complexity index is 348. The van der Waals surface area contributed by atoms with Gasteiger partial charge in [-0.3, -0.25) is 0 Å². The number of nitrogens with zero attached hydrogens (tertiary/aromatic N) is 1. The molecule has 0 aliphatic carbocycles. The van der Waals surface area contributed by atoms with Crippen LogP contribution in [0.4, 0.5) is 0 Å². The molecule has 0 aromatic heterocycles. The monoisotopic (exact) mass is 187 g/mol. The standard InChI is InChI=1S/C12H13NO/c13-8-10-3-1-4-11(7-10)12-5-2-6-14-9-12/h1,3-4,7,12H,2,5-6,9H2. The maximum absolute atomic E-state index is 8.78. The molecule has 1 aliphatic rings. The van der Waals surface area contributed by atoms with Gasteiger partial charge in [0.15, 0.2) is 0 Å². The number of hydrogen-bond acceptors (Lipinski definition) is 2. The van der Waals surface area contributed by atoms with E-state index < -0.39 is 0 Å². The maximum atomic E-state index is 8.78. The molecule has 1 fully saturated rings. The molecule has 14 heavy (non-hydrogen) atoms. The summed E-state index contributed by atoms with van der Waals surface area (Å²) in [5, 5.41) is 8.78. The van der Waals surface area contributed by atoms with E-state index in [4.69, 9.17) is 10.00 Å². The van der Waals surface area contributed by atoms with E-state index in [1.54, 1.807) is 0 Å². The molecule has 1 atom stereocenters. The van der Waals surface area contributed by atoms with Crippen LogP contribution < -0.4 is 0 Å². The van der Waals surface area contributed by atoms with E-state index in [-0.39, 0.29) is 0 Å². The van der Waals surface area contributed by atoms with Gasteiger partial charge in [0.1, 0.15) is 0 Å². The van der Waals surface area contributed by atoms with E-state index in [1.807, 2.05) is 18.2 Å². The van der Waals surface area contributed by atoms with Gasteiger partial charge in [-0.15, -0.1) is 0 Å². The van der Waals surface area contributed by atoms with Crippen molar-refractivity contribution in [3.63, 3.8) is 0 Å². The number of nitriles is 1. The second kappa shape index (κ2) is 4.26. The van der Waals surface area contributed by atoms with Gasteiger partial charge in [-0.1, -0.05) is 12.1 Å². The first kappa shape index (κ1) is 9.23. The molecule has 2 nitrogen and oxygen atoms in total. The average molecular weight is 187 g/mol. The van der Waals surface area contributed by atoms with Gasteiger partial charge in [0.25, 0.3) is 0 Å². The van der Waals surface area contributed by atoms with Gasteiger partial charge in [-0.05, 0) is 30.5 Å². The third-order valence-corrected chi connectivity index (χ3v) is 2.65. The fraction of sp³-hybridized carbons (Fsp3) is 0.417. The van der Waals surface area contributed by atoms with Crippen LogP contribution in [0.25, 0.3) is 0 Å². The predicted molar refractivity (Wildman–Crippen MR) is 54.0 cm³/mol. The van der Waals surface area contributed by atoms with Crippen molar-refractivity contribution in [3.05, 3.63) is 35.4 Å². The van der Waals surface area contributed by atoms with E-state index in [0.717, 1.165) is 25.2 Å². The van der Waals surface area contributed by atoms with E-state index in [2.05, 4.69) is 12.1 Å². The van der Waals surface area contributed by atoms with Gasteiger partial charge in [0.2, 0.25) is 0 Å². The normalized spacial score (nSPS) is 21.5. The summed E-state index contributed by atoms with van der Waals surface area (Å²) < 4.78 is 5.43. The zero-order valence-electron chi connectivity index (χ0n) is 8.07. The summed E-state index contributed by atoms with van der Waals surface area (Å²) in [5.41, 5.74) is 1.98. The van der Waals surface area contributed by atoms with Gasteiger partial charge in [-0.2, -0.15) is 5.26 Å². The smallest absolute Gasteiger partial charge is 0.0991 e. The predicted octanol–water partition coefficient (Wildman–Crippen LogP) is 2.45. The Morgan fingerprint density at radius 3 is 3.07 bits per heavy atom. The first-order valence-electron chi connectivity index (χ1n) is 4.98. The fourth-order valence-corrected chi connectivity index (χ4v) is 1.87. The highest BCUT2D eigenvalue weighted by Crippen LogP contribution is 2.25. The summed E-state index contributed by atoms with van der Waals surface area (Å²) in [4.78, 5) is 0. The van der Waals surface area contributed by atoms with E-state index in [1.165, 1.54) is 12.0 Å². The lowest BCUT2D eigenvalue weighted by molar-refractivity contribution is 0.0804. The molecule has 1 aromatic carbocycles. The van der Waals surface area contributed by atoms with Crippen LogP contribution >= 0.6 is 0 Å². The van der Waals surface area contributed by atoms with Crippen LogP contribution in [0, 0.1) is 11.3 Å². The van der Waals surface area contributed by atoms with Crippen LogP contribution in [-0.4, -0.2) is 13.2 Å². The summed E-state index contributed by atoms with van der Waals surface area (Å²) >= 11 is 0. The van der Waals surface area contributed by atoms with Crippen molar-refractivity contribution in [2.24, 2.45) is 0 Å². The quantitative estimate of drug-likeness (QED) is 0.676. The summed E-state index contributed by atoms with van der Waals surface area (Å²) in [6, 6.07) is 10.0. The van der Waals surface area contributed by atoms with E-state index in [9.17, 15) is 0 Å². The molecule has 1 aliphatic heterocycles. The molecule has 1 unspecified atom stereocenters. The largest absolute Gasteiger partial charge is 0.381 e. The van der Waals surface area contributed by atoms with Crippen LogP contribution in [0.3, 0.4) is 0 Å². The zero-order chi connectivity index (χ0) is 9.80. The SMILES string of the molecule is N#Cc1cccc(C2CCCOC2)c1. The Hall–Kier alpha value is -1.33. The topological polar surface area (TPSA) is 33.0 Å². The Labute approximate surface area is 84.1 Å². The molecule has 0 amide bonds. The second-order valence-electron chi connectivity index (χ2n) is 3.65.